The van der Waals surface area contributed by atoms with Gasteiger partial charge in [-0.2, -0.15) is 20.1 Å². The molecule has 1 fully saturated rings. The summed E-state index contributed by atoms with van der Waals surface area (Å²) in [5.41, 5.74) is 8.46. The summed E-state index contributed by atoms with van der Waals surface area (Å²) in [6.07, 6.45) is 9.05. The largest absolute Gasteiger partial charge is 0.368 e. The average Bonchev–Trinajstić information content (AvgIpc) is 2.94. The maximum atomic E-state index is 6.01. The summed E-state index contributed by atoms with van der Waals surface area (Å²) < 4.78 is 0. The van der Waals surface area contributed by atoms with Crippen molar-refractivity contribution in [3.63, 3.8) is 0 Å². The van der Waals surface area contributed by atoms with Crippen molar-refractivity contribution in [1.29, 1.82) is 0 Å². The van der Waals surface area contributed by atoms with Crippen LogP contribution in [0.25, 0.3) is 0 Å². The van der Waals surface area contributed by atoms with Crippen molar-refractivity contribution in [2.24, 2.45) is 5.92 Å². The van der Waals surface area contributed by atoms with E-state index in [-0.39, 0.29) is 0 Å². The molecule has 0 spiro atoms. The Bertz CT molecular complexity index is 705. The molecule has 1 atom stereocenters. The van der Waals surface area contributed by atoms with Gasteiger partial charge in [0.2, 0.25) is 11.9 Å². The number of nitrogens with one attached hydrogen (secondary N) is 1. The molecule has 7 nitrogen and oxygen atoms in total. The predicted molar refractivity (Wildman–Crippen MR) is 92.6 cm³/mol. The average molecular weight is 327 g/mol. The zero-order valence-electron chi connectivity index (χ0n) is 14.2. The topological polar surface area (TPSA) is 96.6 Å². The summed E-state index contributed by atoms with van der Waals surface area (Å²) in [5.74, 6) is 2.86. The Labute approximate surface area is 142 Å². The fourth-order valence-electron chi connectivity index (χ4n) is 3.94. The Kier molecular flexibility index (Phi) is 4.08. The van der Waals surface area contributed by atoms with E-state index < -0.39 is 0 Å². The lowest BCUT2D eigenvalue weighted by molar-refractivity contribution is 0.427. The molecule has 1 saturated carbocycles. The first kappa shape index (κ1) is 15.4. The third-order valence-electron chi connectivity index (χ3n) is 5.16. The number of nitrogens with zero attached hydrogens (tertiary/aromatic N) is 5. The van der Waals surface area contributed by atoms with E-state index >= 15 is 0 Å². The minimum absolute atomic E-state index is 0.338. The van der Waals surface area contributed by atoms with Gasteiger partial charge in [0.15, 0.2) is 0 Å². The standard InChI is InChI=1S/C17H25N7/c1-11-7-14-13(8-19-23-14)10-24(9-11)17-21-15(20-16(18)22-17)12-5-3-2-4-6-12/h8,11-12H,2-7,9-10H2,1H3,(H,19,23)(H2,18,20,21,22). The van der Waals surface area contributed by atoms with Crippen LogP contribution in [-0.4, -0.2) is 31.7 Å². The number of H-pyrrole nitrogens is 1. The van der Waals surface area contributed by atoms with Crippen LogP contribution in [0.3, 0.4) is 0 Å². The van der Waals surface area contributed by atoms with Gasteiger partial charge in [0, 0.05) is 30.3 Å². The van der Waals surface area contributed by atoms with E-state index in [2.05, 4.69) is 32.0 Å². The van der Waals surface area contributed by atoms with E-state index in [4.69, 9.17) is 10.7 Å². The second kappa shape index (κ2) is 6.37. The van der Waals surface area contributed by atoms with Crippen LogP contribution in [0.4, 0.5) is 11.9 Å². The van der Waals surface area contributed by atoms with Crippen LogP contribution in [-0.2, 0) is 13.0 Å². The molecule has 4 rings (SSSR count). The number of anilines is 2. The Balaban J connectivity index is 1.64. The van der Waals surface area contributed by atoms with Crippen LogP contribution in [0.1, 0.15) is 62.0 Å². The maximum Gasteiger partial charge on any atom is 0.230 e. The molecule has 0 bridgehead atoms. The lowest BCUT2D eigenvalue weighted by atomic mass is 9.89. The van der Waals surface area contributed by atoms with Crippen LogP contribution in [0, 0.1) is 5.92 Å². The first-order chi connectivity index (χ1) is 11.7. The van der Waals surface area contributed by atoms with Gasteiger partial charge in [-0.3, -0.25) is 5.10 Å². The highest BCUT2D eigenvalue weighted by Gasteiger charge is 2.25. The highest BCUT2D eigenvalue weighted by Crippen LogP contribution is 2.32. The number of hydrogen-bond acceptors (Lipinski definition) is 6. The van der Waals surface area contributed by atoms with E-state index in [0.29, 0.717) is 23.7 Å². The van der Waals surface area contributed by atoms with E-state index in [9.17, 15) is 0 Å². The van der Waals surface area contributed by atoms with Crippen molar-refractivity contribution in [3.05, 3.63) is 23.3 Å². The minimum Gasteiger partial charge on any atom is -0.368 e. The summed E-state index contributed by atoms with van der Waals surface area (Å²) in [5, 5.41) is 7.31. The SMILES string of the molecule is CC1Cc2[nH]ncc2CN(c2nc(N)nc(C3CCCCC3)n2)C1. The summed E-state index contributed by atoms with van der Waals surface area (Å²) >= 11 is 0. The molecular formula is C17H25N7. The molecule has 128 valence electrons. The molecule has 2 aromatic rings. The van der Waals surface area contributed by atoms with E-state index in [0.717, 1.165) is 38.2 Å². The number of aromatic nitrogens is 5. The van der Waals surface area contributed by atoms with Gasteiger partial charge < -0.3 is 10.6 Å². The molecular weight excluding hydrogens is 302 g/mol. The number of hydrogen-bond donors (Lipinski definition) is 2. The van der Waals surface area contributed by atoms with Crippen LogP contribution in [0.5, 0.6) is 0 Å². The van der Waals surface area contributed by atoms with Crippen LogP contribution in [0.15, 0.2) is 6.20 Å². The molecule has 3 N–H and O–H groups in total. The number of aromatic amines is 1. The molecule has 0 aromatic carbocycles. The number of rotatable bonds is 2. The van der Waals surface area contributed by atoms with Crippen molar-refractivity contribution >= 4 is 11.9 Å². The molecule has 3 heterocycles. The van der Waals surface area contributed by atoms with Gasteiger partial charge >= 0.3 is 0 Å². The number of nitrogen functional groups attached to an aromatic ring is 1. The Morgan fingerprint density at radius 1 is 1.17 bits per heavy atom. The van der Waals surface area contributed by atoms with Crippen molar-refractivity contribution in [2.75, 3.05) is 17.2 Å². The smallest absolute Gasteiger partial charge is 0.230 e. The van der Waals surface area contributed by atoms with Gasteiger partial charge in [-0.1, -0.05) is 26.2 Å². The monoisotopic (exact) mass is 327 g/mol. The second-order valence-corrected chi connectivity index (χ2v) is 7.25. The number of nitrogens with two attached hydrogens (primary N) is 1. The van der Waals surface area contributed by atoms with Crippen LogP contribution < -0.4 is 10.6 Å². The normalized spacial score (nSPS) is 22.2. The number of fused-ring (bicyclic) bond motifs is 1. The van der Waals surface area contributed by atoms with Crippen LogP contribution >= 0.6 is 0 Å². The van der Waals surface area contributed by atoms with Crippen molar-refractivity contribution in [3.8, 4) is 0 Å². The Hall–Kier alpha value is -2.18. The third-order valence-corrected chi connectivity index (χ3v) is 5.16. The Morgan fingerprint density at radius 3 is 2.83 bits per heavy atom. The molecule has 0 saturated heterocycles. The molecule has 2 aromatic heterocycles. The second-order valence-electron chi connectivity index (χ2n) is 7.25. The van der Waals surface area contributed by atoms with Gasteiger partial charge in [0.25, 0.3) is 0 Å². The van der Waals surface area contributed by atoms with Gasteiger partial charge in [-0.15, -0.1) is 0 Å². The highest BCUT2D eigenvalue weighted by atomic mass is 15.3. The molecule has 24 heavy (non-hydrogen) atoms. The lowest BCUT2D eigenvalue weighted by Gasteiger charge is -2.25. The fraction of sp³-hybridized carbons (Fsp3) is 0.647. The fourth-order valence-corrected chi connectivity index (χ4v) is 3.94. The molecule has 7 heteroatoms. The van der Waals surface area contributed by atoms with E-state index in [1.54, 1.807) is 0 Å². The van der Waals surface area contributed by atoms with Crippen molar-refractivity contribution < 1.29 is 0 Å². The molecule has 0 radical (unpaired) electrons. The molecule has 2 aliphatic rings. The van der Waals surface area contributed by atoms with Gasteiger partial charge in [-0.05, 0) is 25.2 Å². The van der Waals surface area contributed by atoms with E-state index in [1.807, 2.05) is 6.20 Å². The first-order valence-corrected chi connectivity index (χ1v) is 8.96. The quantitative estimate of drug-likeness (QED) is 0.879. The molecule has 0 amide bonds. The third kappa shape index (κ3) is 3.07. The first-order valence-electron chi connectivity index (χ1n) is 8.96. The zero-order valence-corrected chi connectivity index (χ0v) is 14.2. The summed E-state index contributed by atoms with van der Waals surface area (Å²) in [4.78, 5) is 15.9. The molecule has 1 aliphatic carbocycles. The molecule has 1 aliphatic heterocycles. The van der Waals surface area contributed by atoms with Crippen LogP contribution in [0.2, 0.25) is 0 Å². The van der Waals surface area contributed by atoms with Gasteiger partial charge in [0.1, 0.15) is 5.82 Å². The van der Waals surface area contributed by atoms with Crippen molar-refractivity contribution in [1.82, 2.24) is 25.1 Å². The minimum atomic E-state index is 0.338. The summed E-state index contributed by atoms with van der Waals surface area (Å²) in [6, 6.07) is 0. The Morgan fingerprint density at radius 2 is 2.00 bits per heavy atom. The van der Waals surface area contributed by atoms with Gasteiger partial charge in [-0.25, -0.2) is 0 Å². The summed E-state index contributed by atoms with van der Waals surface area (Å²) in [7, 11) is 0. The zero-order chi connectivity index (χ0) is 16.5. The lowest BCUT2D eigenvalue weighted by Crippen LogP contribution is -2.29. The van der Waals surface area contributed by atoms with Gasteiger partial charge in [0.05, 0.1) is 6.20 Å². The highest BCUT2D eigenvalue weighted by molar-refractivity contribution is 5.38. The maximum absolute atomic E-state index is 6.01. The molecule has 1 unspecified atom stereocenters. The summed E-state index contributed by atoms with van der Waals surface area (Å²) in [6.45, 7) is 3.93. The van der Waals surface area contributed by atoms with E-state index in [1.165, 1.54) is 30.5 Å². The predicted octanol–water partition coefficient (Wildman–Crippen LogP) is 2.42. The van der Waals surface area contributed by atoms with Crippen molar-refractivity contribution in [2.45, 2.75) is 57.9 Å².